The molecule has 2 nitrogen and oxygen atoms in total. The maximum Gasteiger partial charge on any atom is 0.224 e. The van der Waals surface area contributed by atoms with E-state index < -0.39 is 0 Å². The lowest BCUT2D eigenvalue weighted by molar-refractivity contribution is 0.108. The van der Waals surface area contributed by atoms with Crippen molar-refractivity contribution in [1.82, 2.24) is 0 Å². The van der Waals surface area contributed by atoms with Crippen LogP contribution in [0.2, 0.25) is 0 Å². The molecule has 0 bridgehead atoms. The lowest BCUT2D eigenvalue weighted by Crippen LogP contribution is -1.93. The number of hydrogen-bond acceptors (Lipinski definition) is 3. The van der Waals surface area contributed by atoms with Gasteiger partial charge in [0.05, 0.1) is 8.95 Å². The number of rotatable bonds is 4. The predicted octanol–water partition coefficient (Wildman–Crippen LogP) is 7.02. The number of hydrogen-bond donors (Lipinski definition) is 1. The molecule has 0 aliphatic carbocycles. The Balaban J connectivity index is 1.78. The van der Waals surface area contributed by atoms with Gasteiger partial charge in [-0.1, -0.05) is 48.6 Å². The second kappa shape index (κ2) is 8.71. The Morgan fingerprint density at radius 1 is 0.846 bits per heavy atom. The number of benzene rings is 3. The van der Waals surface area contributed by atoms with Gasteiger partial charge in [0, 0.05) is 10.5 Å². The molecule has 0 fully saturated rings. The zero-order chi connectivity index (χ0) is 18.5. The van der Waals surface area contributed by atoms with E-state index in [1.165, 1.54) is 11.8 Å². The molecule has 0 radical (unpaired) electrons. The molecular weight excluding hydrogens is 476 g/mol. The third kappa shape index (κ3) is 4.87. The number of phenols is 1. The first-order valence-electron chi connectivity index (χ1n) is 7.76. The van der Waals surface area contributed by atoms with Gasteiger partial charge in [-0.25, -0.2) is 0 Å². The van der Waals surface area contributed by atoms with Crippen molar-refractivity contribution < 1.29 is 9.90 Å². The third-order valence-corrected chi connectivity index (χ3v) is 5.72. The summed E-state index contributed by atoms with van der Waals surface area (Å²) in [4.78, 5) is 13.4. The summed E-state index contributed by atoms with van der Waals surface area (Å²) in [5.74, 6) is 0.174. The highest BCUT2D eigenvalue weighted by atomic mass is 79.9. The Morgan fingerprint density at radius 2 is 1.50 bits per heavy atom. The molecule has 3 aromatic rings. The molecule has 0 heterocycles. The van der Waals surface area contributed by atoms with E-state index in [1.807, 2.05) is 78.9 Å². The van der Waals surface area contributed by atoms with Crippen LogP contribution in [0.4, 0.5) is 0 Å². The first-order chi connectivity index (χ1) is 12.5. The number of halogens is 2. The van der Waals surface area contributed by atoms with E-state index in [9.17, 15) is 9.90 Å². The summed E-state index contributed by atoms with van der Waals surface area (Å²) in [5.41, 5.74) is 2.52. The van der Waals surface area contributed by atoms with Gasteiger partial charge >= 0.3 is 0 Å². The highest BCUT2D eigenvalue weighted by Gasteiger charge is 2.08. The van der Waals surface area contributed by atoms with Crippen molar-refractivity contribution in [1.29, 1.82) is 0 Å². The fourth-order valence-electron chi connectivity index (χ4n) is 2.30. The van der Waals surface area contributed by atoms with Gasteiger partial charge < -0.3 is 5.11 Å². The molecular formula is C21H14Br2O2S. The van der Waals surface area contributed by atoms with Crippen molar-refractivity contribution in [3.05, 3.63) is 92.4 Å². The summed E-state index contributed by atoms with van der Waals surface area (Å²) in [6.07, 6.45) is 3.87. The average molecular weight is 490 g/mol. The molecule has 130 valence electrons. The van der Waals surface area contributed by atoms with E-state index in [-0.39, 0.29) is 10.9 Å². The number of carbonyl (C=O) groups is 1. The number of carbonyl (C=O) groups excluding carboxylic acids is 1. The second-order valence-electron chi connectivity index (χ2n) is 5.49. The molecule has 0 saturated carbocycles. The monoisotopic (exact) mass is 488 g/mol. The first kappa shape index (κ1) is 19.0. The molecule has 5 heteroatoms. The minimum atomic E-state index is 0.0153. The average Bonchev–Trinajstić information content (AvgIpc) is 2.65. The van der Waals surface area contributed by atoms with Crippen LogP contribution in [0.3, 0.4) is 0 Å². The van der Waals surface area contributed by atoms with Crippen LogP contribution in [-0.4, -0.2) is 10.2 Å². The minimum absolute atomic E-state index is 0.0153. The van der Waals surface area contributed by atoms with Gasteiger partial charge in [0.1, 0.15) is 5.75 Å². The van der Waals surface area contributed by atoms with Crippen LogP contribution in [0.1, 0.15) is 21.5 Å². The zero-order valence-corrected chi connectivity index (χ0v) is 17.5. The molecule has 0 unspecified atom stereocenters. The Morgan fingerprint density at radius 3 is 2.19 bits per heavy atom. The Labute approximate surface area is 173 Å². The van der Waals surface area contributed by atoms with Crippen molar-refractivity contribution in [2.24, 2.45) is 0 Å². The summed E-state index contributed by atoms with van der Waals surface area (Å²) in [7, 11) is 0. The second-order valence-corrected chi connectivity index (χ2v) is 8.25. The Kier molecular flexibility index (Phi) is 6.35. The van der Waals surface area contributed by atoms with Gasteiger partial charge in [0.2, 0.25) is 5.12 Å². The van der Waals surface area contributed by atoms with E-state index in [1.54, 1.807) is 0 Å². The number of thioether (sulfide) groups is 1. The topological polar surface area (TPSA) is 37.3 Å². The fourth-order valence-corrected chi connectivity index (χ4v) is 4.27. The van der Waals surface area contributed by atoms with Crippen LogP contribution in [0.25, 0.3) is 12.2 Å². The van der Waals surface area contributed by atoms with Crippen molar-refractivity contribution >= 4 is 60.9 Å². The van der Waals surface area contributed by atoms with Crippen LogP contribution in [0.5, 0.6) is 5.75 Å². The Hall–Kier alpha value is -1.82. The molecule has 3 aromatic carbocycles. The fraction of sp³-hybridized carbons (Fsp3) is 0. The minimum Gasteiger partial charge on any atom is -0.506 e. The van der Waals surface area contributed by atoms with E-state index in [0.29, 0.717) is 14.5 Å². The maximum absolute atomic E-state index is 12.5. The van der Waals surface area contributed by atoms with Gasteiger partial charge in [-0.2, -0.15) is 0 Å². The maximum atomic E-state index is 12.5. The molecule has 0 atom stereocenters. The highest BCUT2D eigenvalue weighted by molar-refractivity contribution is 9.11. The Bertz CT molecular complexity index is 946. The standard InChI is InChI=1S/C21H14Br2O2S/c22-18-12-15(13-19(23)20(18)24)10-9-14-5-4-6-16(11-14)21(25)26-17-7-2-1-3-8-17/h1-13,24H/b10-9+. The van der Waals surface area contributed by atoms with E-state index in [4.69, 9.17) is 0 Å². The van der Waals surface area contributed by atoms with Crippen LogP contribution < -0.4 is 0 Å². The first-order valence-corrected chi connectivity index (χ1v) is 10.2. The van der Waals surface area contributed by atoms with Crippen molar-refractivity contribution in [3.8, 4) is 5.75 Å². The van der Waals surface area contributed by atoms with Gasteiger partial charge in [0.25, 0.3) is 0 Å². The van der Waals surface area contributed by atoms with Gasteiger partial charge in [-0.15, -0.1) is 0 Å². The number of aromatic hydroxyl groups is 1. The summed E-state index contributed by atoms with van der Waals surface area (Å²) in [6, 6.07) is 20.8. The quantitative estimate of drug-likeness (QED) is 0.316. The summed E-state index contributed by atoms with van der Waals surface area (Å²) in [5, 5.41) is 9.79. The lowest BCUT2D eigenvalue weighted by Gasteiger charge is -2.04. The van der Waals surface area contributed by atoms with E-state index in [0.717, 1.165) is 16.0 Å². The summed E-state index contributed by atoms with van der Waals surface area (Å²) < 4.78 is 1.24. The predicted molar refractivity (Wildman–Crippen MR) is 116 cm³/mol. The normalized spacial score (nSPS) is 11.0. The molecule has 0 aromatic heterocycles. The molecule has 1 N–H and O–H groups in total. The van der Waals surface area contributed by atoms with E-state index in [2.05, 4.69) is 31.9 Å². The molecule has 0 spiro atoms. The molecule has 0 amide bonds. The van der Waals surface area contributed by atoms with Crippen molar-refractivity contribution in [2.45, 2.75) is 4.90 Å². The smallest absolute Gasteiger partial charge is 0.224 e. The molecule has 26 heavy (non-hydrogen) atoms. The zero-order valence-electron chi connectivity index (χ0n) is 13.5. The lowest BCUT2D eigenvalue weighted by atomic mass is 10.1. The van der Waals surface area contributed by atoms with E-state index >= 15 is 0 Å². The van der Waals surface area contributed by atoms with Crippen molar-refractivity contribution in [3.63, 3.8) is 0 Å². The SMILES string of the molecule is O=C(Sc1ccccc1)c1cccc(/C=C/c2cc(Br)c(O)c(Br)c2)c1. The van der Waals surface area contributed by atoms with Crippen LogP contribution in [-0.2, 0) is 0 Å². The van der Waals surface area contributed by atoms with Crippen LogP contribution in [0, 0.1) is 0 Å². The van der Waals surface area contributed by atoms with Crippen LogP contribution >= 0.6 is 43.6 Å². The molecule has 0 aliphatic heterocycles. The highest BCUT2D eigenvalue weighted by Crippen LogP contribution is 2.34. The summed E-state index contributed by atoms with van der Waals surface area (Å²) >= 11 is 7.87. The van der Waals surface area contributed by atoms with Gasteiger partial charge in [-0.3, -0.25) is 4.79 Å². The number of phenolic OH excluding ortho intramolecular Hbond substituents is 1. The molecule has 0 saturated heterocycles. The van der Waals surface area contributed by atoms with Gasteiger partial charge in [0.15, 0.2) is 0 Å². The van der Waals surface area contributed by atoms with Crippen LogP contribution in [0.15, 0.2) is 80.6 Å². The molecule has 3 rings (SSSR count). The molecule has 0 aliphatic rings. The summed E-state index contributed by atoms with van der Waals surface area (Å²) in [6.45, 7) is 0. The largest absolute Gasteiger partial charge is 0.506 e. The van der Waals surface area contributed by atoms with Crippen molar-refractivity contribution in [2.75, 3.05) is 0 Å². The third-order valence-electron chi connectivity index (χ3n) is 3.58. The van der Waals surface area contributed by atoms with Gasteiger partial charge in [-0.05, 0) is 85.1 Å².